The molecule has 2 aromatic rings. The number of Topliss-reactive ketones (excluding diaryl/α,β-unsaturated/α-hetero) is 1. The van der Waals surface area contributed by atoms with Crippen molar-refractivity contribution in [2.24, 2.45) is 0 Å². The van der Waals surface area contributed by atoms with Gasteiger partial charge in [0, 0.05) is 21.8 Å². The fourth-order valence-corrected chi connectivity index (χ4v) is 3.23. The zero-order valence-corrected chi connectivity index (χ0v) is 13.2. The molecule has 0 aromatic carbocycles. The van der Waals surface area contributed by atoms with Crippen LogP contribution in [-0.4, -0.2) is 15.7 Å². The van der Waals surface area contributed by atoms with Gasteiger partial charge in [0.15, 0.2) is 5.78 Å². The molecule has 0 saturated carbocycles. The first kappa shape index (κ1) is 14.4. The predicted octanol–water partition coefficient (Wildman–Crippen LogP) is 4.33. The van der Waals surface area contributed by atoms with Crippen LogP contribution in [0, 0.1) is 20.8 Å². The van der Waals surface area contributed by atoms with Crippen molar-refractivity contribution in [2.45, 2.75) is 39.6 Å². The Balaban J connectivity index is 2.37. The standard InChI is InChI=1S/C15H18ClNOS/c1-9-5-6-19-14(9)8-17-10(2)7-13(12(17)4)15(18)11(3)16/h5-7,11H,8H2,1-4H3. The lowest BCUT2D eigenvalue weighted by Gasteiger charge is -2.09. The number of carbonyl (C=O) groups excluding carboxylic acids is 1. The van der Waals surface area contributed by atoms with Gasteiger partial charge in [-0.05, 0) is 50.8 Å². The fraction of sp³-hybridized carbons (Fsp3) is 0.400. The highest BCUT2D eigenvalue weighted by atomic mass is 35.5. The maximum Gasteiger partial charge on any atom is 0.182 e. The van der Waals surface area contributed by atoms with Gasteiger partial charge >= 0.3 is 0 Å². The Kier molecular flexibility index (Phi) is 4.16. The molecule has 0 aliphatic rings. The van der Waals surface area contributed by atoms with Crippen molar-refractivity contribution in [1.29, 1.82) is 0 Å². The van der Waals surface area contributed by atoms with E-state index in [1.54, 1.807) is 18.3 Å². The van der Waals surface area contributed by atoms with Gasteiger partial charge in [-0.3, -0.25) is 4.79 Å². The van der Waals surface area contributed by atoms with Crippen LogP contribution in [0.1, 0.15) is 39.1 Å². The molecule has 4 heteroatoms. The van der Waals surface area contributed by atoms with Crippen molar-refractivity contribution in [3.05, 3.63) is 44.9 Å². The molecule has 1 unspecified atom stereocenters. The summed E-state index contributed by atoms with van der Waals surface area (Å²) in [6.07, 6.45) is 0. The van der Waals surface area contributed by atoms with Crippen LogP contribution >= 0.6 is 22.9 Å². The molecule has 102 valence electrons. The molecule has 0 N–H and O–H groups in total. The van der Waals surface area contributed by atoms with E-state index in [9.17, 15) is 4.79 Å². The van der Waals surface area contributed by atoms with Gasteiger partial charge in [0.05, 0.1) is 11.9 Å². The van der Waals surface area contributed by atoms with Gasteiger partial charge in [0.1, 0.15) is 0 Å². The molecule has 19 heavy (non-hydrogen) atoms. The summed E-state index contributed by atoms with van der Waals surface area (Å²) >= 11 is 7.66. The lowest BCUT2D eigenvalue weighted by molar-refractivity contribution is 0.0991. The molecule has 0 radical (unpaired) electrons. The fourth-order valence-electron chi connectivity index (χ4n) is 2.22. The quantitative estimate of drug-likeness (QED) is 0.608. The SMILES string of the molecule is Cc1ccsc1Cn1c(C)cc(C(=O)C(C)Cl)c1C. The highest BCUT2D eigenvalue weighted by Gasteiger charge is 2.19. The molecule has 2 heterocycles. The summed E-state index contributed by atoms with van der Waals surface area (Å²) in [6, 6.07) is 4.07. The van der Waals surface area contributed by atoms with Gasteiger partial charge < -0.3 is 4.57 Å². The number of halogens is 1. The first-order valence-electron chi connectivity index (χ1n) is 6.29. The molecule has 0 fully saturated rings. The summed E-state index contributed by atoms with van der Waals surface area (Å²) in [5, 5.41) is 1.63. The summed E-state index contributed by atoms with van der Waals surface area (Å²) in [7, 11) is 0. The molecular weight excluding hydrogens is 278 g/mol. The number of thiophene rings is 1. The van der Waals surface area contributed by atoms with Crippen molar-refractivity contribution in [2.75, 3.05) is 0 Å². The maximum absolute atomic E-state index is 12.1. The zero-order chi connectivity index (χ0) is 14.2. The molecule has 2 nitrogen and oxygen atoms in total. The second-order valence-electron chi connectivity index (χ2n) is 4.88. The molecule has 1 atom stereocenters. The second-order valence-corrected chi connectivity index (χ2v) is 6.53. The van der Waals surface area contributed by atoms with E-state index < -0.39 is 5.38 Å². The Morgan fingerprint density at radius 3 is 2.63 bits per heavy atom. The van der Waals surface area contributed by atoms with Crippen molar-refractivity contribution < 1.29 is 4.79 Å². The maximum atomic E-state index is 12.1. The van der Waals surface area contributed by atoms with Crippen LogP contribution in [-0.2, 0) is 6.54 Å². The Morgan fingerprint density at radius 1 is 1.42 bits per heavy atom. The minimum Gasteiger partial charge on any atom is -0.343 e. The van der Waals surface area contributed by atoms with Crippen LogP contribution < -0.4 is 0 Å². The number of carbonyl (C=O) groups is 1. The van der Waals surface area contributed by atoms with Gasteiger partial charge in [0.2, 0.25) is 0 Å². The van der Waals surface area contributed by atoms with Crippen molar-refractivity contribution >= 4 is 28.7 Å². The van der Waals surface area contributed by atoms with Gasteiger partial charge in [0.25, 0.3) is 0 Å². The van der Waals surface area contributed by atoms with Crippen LogP contribution in [0.5, 0.6) is 0 Å². The Bertz CT molecular complexity index is 610. The van der Waals surface area contributed by atoms with Crippen molar-refractivity contribution in [3.63, 3.8) is 0 Å². The topological polar surface area (TPSA) is 22.0 Å². The zero-order valence-electron chi connectivity index (χ0n) is 11.7. The highest BCUT2D eigenvalue weighted by molar-refractivity contribution is 7.10. The molecule has 0 amide bonds. The third-order valence-corrected chi connectivity index (χ3v) is 4.68. The summed E-state index contributed by atoms with van der Waals surface area (Å²) in [4.78, 5) is 13.4. The van der Waals surface area contributed by atoms with Gasteiger partial charge in [-0.25, -0.2) is 0 Å². The van der Waals surface area contributed by atoms with Crippen LogP contribution in [0.4, 0.5) is 0 Å². The second kappa shape index (κ2) is 5.51. The number of aromatic nitrogens is 1. The number of hydrogen-bond donors (Lipinski definition) is 0. The molecule has 2 rings (SSSR count). The number of alkyl halides is 1. The number of rotatable bonds is 4. The van der Waals surface area contributed by atoms with E-state index in [0.29, 0.717) is 0 Å². The van der Waals surface area contributed by atoms with E-state index in [-0.39, 0.29) is 5.78 Å². The van der Waals surface area contributed by atoms with E-state index in [1.807, 2.05) is 19.9 Å². The largest absolute Gasteiger partial charge is 0.343 e. The van der Waals surface area contributed by atoms with Crippen LogP contribution in [0.3, 0.4) is 0 Å². The smallest absolute Gasteiger partial charge is 0.182 e. The normalized spacial score (nSPS) is 12.7. The third-order valence-electron chi connectivity index (χ3n) is 3.47. The van der Waals surface area contributed by atoms with Crippen LogP contribution in [0.15, 0.2) is 17.5 Å². The van der Waals surface area contributed by atoms with E-state index in [0.717, 1.165) is 23.5 Å². The lowest BCUT2D eigenvalue weighted by atomic mass is 10.1. The van der Waals surface area contributed by atoms with E-state index in [2.05, 4.69) is 22.9 Å². The molecule has 2 aromatic heterocycles. The monoisotopic (exact) mass is 295 g/mol. The van der Waals surface area contributed by atoms with E-state index in [4.69, 9.17) is 11.6 Å². The molecule has 0 spiro atoms. The lowest BCUT2D eigenvalue weighted by Crippen LogP contribution is -2.12. The number of ketones is 1. The van der Waals surface area contributed by atoms with Gasteiger partial charge in [-0.2, -0.15) is 0 Å². The van der Waals surface area contributed by atoms with Crippen LogP contribution in [0.2, 0.25) is 0 Å². The molecule has 0 saturated heterocycles. The van der Waals surface area contributed by atoms with Crippen molar-refractivity contribution in [3.8, 4) is 0 Å². The van der Waals surface area contributed by atoms with E-state index in [1.165, 1.54) is 10.4 Å². The van der Waals surface area contributed by atoms with Gasteiger partial charge in [-0.1, -0.05) is 0 Å². The summed E-state index contributed by atoms with van der Waals surface area (Å²) in [5.41, 5.74) is 4.15. The average molecular weight is 296 g/mol. The molecule has 0 bridgehead atoms. The molecule has 0 aliphatic carbocycles. The van der Waals surface area contributed by atoms with E-state index >= 15 is 0 Å². The minimum absolute atomic E-state index is 0.00363. The Hall–Kier alpha value is -1.06. The third kappa shape index (κ3) is 2.77. The number of nitrogens with zero attached hydrogens (tertiary/aromatic N) is 1. The predicted molar refractivity (Wildman–Crippen MR) is 81.7 cm³/mol. The summed E-state index contributed by atoms with van der Waals surface area (Å²) in [5.74, 6) is 0.00363. The number of hydrogen-bond acceptors (Lipinski definition) is 2. The Labute approximate surface area is 123 Å². The molecule has 0 aliphatic heterocycles. The Morgan fingerprint density at radius 2 is 2.11 bits per heavy atom. The van der Waals surface area contributed by atoms with Gasteiger partial charge in [-0.15, -0.1) is 22.9 Å². The first-order valence-corrected chi connectivity index (χ1v) is 7.61. The first-order chi connectivity index (χ1) is 8.91. The summed E-state index contributed by atoms with van der Waals surface area (Å²) in [6.45, 7) is 8.69. The highest BCUT2D eigenvalue weighted by Crippen LogP contribution is 2.23. The average Bonchev–Trinajstić information content (AvgIpc) is 2.87. The molecular formula is C15H18ClNOS. The van der Waals surface area contributed by atoms with Crippen molar-refractivity contribution in [1.82, 2.24) is 4.57 Å². The minimum atomic E-state index is -0.475. The van der Waals surface area contributed by atoms with Crippen LogP contribution in [0.25, 0.3) is 0 Å². The number of aryl methyl sites for hydroxylation is 2. The summed E-state index contributed by atoms with van der Waals surface area (Å²) < 4.78 is 2.19.